The standard InChI is InChI=1S/C9H14BrN3O/c10-9-7-11-13(8-9)2-1-12-3-5-14-6-4-12/h7-8H,1-6H2. The van der Waals surface area contributed by atoms with Crippen molar-refractivity contribution in [2.45, 2.75) is 6.54 Å². The molecule has 0 N–H and O–H groups in total. The maximum absolute atomic E-state index is 5.28. The number of rotatable bonds is 3. The predicted octanol–water partition coefficient (Wildman–Crippen LogP) is 0.978. The quantitative estimate of drug-likeness (QED) is 0.811. The highest BCUT2D eigenvalue weighted by atomic mass is 79.9. The molecule has 0 unspecified atom stereocenters. The average Bonchev–Trinajstić information content (AvgIpc) is 2.63. The van der Waals surface area contributed by atoms with E-state index < -0.39 is 0 Å². The number of halogens is 1. The van der Waals surface area contributed by atoms with Crippen LogP contribution in [0.5, 0.6) is 0 Å². The number of morpholine rings is 1. The third-order valence-corrected chi connectivity index (χ3v) is 2.76. The topological polar surface area (TPSA) is 30.3 Å². The number of hydrogen-bond acceptors (Lipinski definition) is 3. The first-order valence-corrected chi connectivity index (χ1v) is 5.62. The molecule has 0 aliphatic carbocycles. The fourth-order valence-electron chi connectivity index (χ4n) is 1.53. The van der Waals surface area contributed by atoms with E-state index in [0.717, 1.165) is 43.9 Å². The highest BCUT2D eigenvalue weighted by molar-refractivity contribution is 9.10. The highest BCUT2D eigenvalue weighted by Gasteiger charge is 2.09. The zero-order chi connectivity index (χ0) is 9.80. The van der Waals surface area contributed by atoms with Crippen LogP contribution < -0.4 is 0 Å². The van der Waals surface area contributed by atoms with Gasteiger partial charge in [-0.3, -0.25) is 9.58 Å². The monoisotopic (exact) mass is 259 g/mol. The third kappa shape index (κ3) is 2.80. The molecule has 0 saturated carbocycles. The van der Waals surface area contributed by atoms with Gasteiger partial charge in [0, 0.05) is 25.8 Å². The summed E-state index contributed by atoms with van der Waals surface area (Å²) >= 11 is 3.38. The zero-order valence-corrected chi connectivity index (χ0v) is 9.61. The lowest BCUT2D eigenvalue weighted by atomic mass is 10.4. The molecular formula is C9H14BrN3O. The van der Waals surface area contributed by atoms with Crippen molar-refractivity contribution in [2.24, 2.45) is 0 Å². The summed E-state index contributed by atoms with van der Waals surface area (Å²) in [6.45, 7) is 5.82. The first kappa shape index (κ1) is 10.1. The Morgan fingerprint density at radius 3 is 2.79 bits per heavy atom. The van der Waals surface area contributed by atoms with Crippen molar-refractivity contribution >= 4 is 15.9 Å². The summed E-state index contributed by atoms with van der Waals surface area (Å²) in [4.78, 5) is 2.40. The lowest BCUT2D eigenvalue weighted by Crippen LogP contribution is -2.38. The van der Waals surface area contributed by atoms with Gasteiger partial charge in [-0.2, -0.15) is 5.10 Å². The van der Waals surface area contributed by atoms with E-state index in [1.165, 1.54) is 0 Å². The van der Waals surface area contributed by atoms with Gasteiger partial charge in [0.2, 0.25) is 0 Å². The smallest absolute Gasteiger partial charge is 0.0632 e. The van der Waals surface area contributed by atoms with E-state index in [-0.39, 0.29) is 0 Å². The van der Waals surface area contributed by atoms with Crippen LogP contribution >= 0.6 is 15.9 Å². The van der Waals surface area contributed by atoms with E-state index in [1.54, 1.807) is 0 Å². The van der Waals surface area contributed by atoms with Gasteiger partial charge >= 0.3 is 0 Å². The van der Waals surface area contributed by atoms with Gasteiger partial charge in [0.05, 0.1) is 30.4 Å². The Morgan fingerprint density at radius 1 is 1.36 bits per heavy atom. The summed E-state index contributed by atoms with van der Waals surface area (Å²) in [5.41, 5.74) is 0. The molecular weight excluding hydrogens is 246 g/mol. The van der Waals surface area contributed by atoms with Crippen LogP contribution in [0.25, 0.3) is 0 Å². The van der Waals surface area contributed by atoms with Crippen molar-refractivity contribution in [3.05, 3.63) is 16.9 Å². The van der Waals surface area contributed by atoms with Gasteiger partial charge < -0.3 is 4.74 Å². The molecule has 2 rings (SSSR count). The van der Waals surface area contributed by atoms with Crippen molar-refractivity contribution in [3.63, 3.8) is 0 Å². The molecule has 0 bridgehead atoms. The zero-order valence-electron chi connectivity index (χ0n) is 8.03. The van der Waals surface area contributed by atoms with Crippen molar-refractivity contribution < 1.29 is 4.74 Å². The number of ether oxygens (including phenoxy) is 1. The Hall–Kier alpha value is -0.390. The van der Waals surface area contributed by atoms with Crippen molar-refractivity contribution in [1.82, 2.24) is 14.7 Å². The molecule has 1 aliphatic heterocycles. The Kier molecular flexibility index (Phi) is 3.55. The summed E-state index contributed by atoms with van der Waals surface area (Å²) in [6, 6.07) is 0. The van der Waals surface area contributed by atoms with Gasteiger partial charge in [-0.25, -0.2) is 0 Å². The lowest BCUT2D eigenvalue weighted by Gasteiger charge is -2.26. The fourth-order valence-corrected chi connectivity index (χ4v) is 1.86. The van der Waals surface area contributed by atoms with E-state index in [0.29, 0.717) is 0 Å². The van der Waals surface area contributed by atoms with E-state index in [4.69, 9.17) is 4.74 Å². The van der Waals surface area contributed by atoms with Gasteiger partial charge in [-0.05, 0) is 15.9 Å². The first-order chi connectivity index (χ1) is 6.84. The van der Waals surface area contributed by atoms with Crippen molar-refractivity contribution in [3.8, 4) is 0 Å². The second-order valence-electron chi connectivity index (χ2n) is 3.38. The second-order valence-corrected chi connectivity index (χ2v) is 4.29. The van der Waals surface area contributed by atoms with Crippen LogP contribution in [0.1, 0.15) is 0 Å². The van der Waals surface area contributed by atoms with Crippen LogP contribution in [0.2, 0.25) is 0 Å². The van der Waals surface area contributed by atoms with Crippen LogP contribution in [0, 0.1) is 0 Å². The fraction of sp³-hybridized carbons (Fsp3) is 0.667. The molecule has 1 fully saturated rings. The summed E-state index contributed by atoms with van der Waals surface area (Å²) in [5.74, 6) is 0. The van der Waals surface area contributed by atoms with Crippen LogP contribution in [0.15, 0.2) is 16.9 Å². The van der Waals surface area contributed by atoms with Gasteiger partial charge in [0.25, 0.3) is 0 Å². The molecule has 0 radical (unpaired) electrons. The molecule has 1 saturated heterocycles. The lowest BCUT2D eigenvalue weighted by molar-refractivity contribution is 0.0359. The largest absolute Gasteiger partial charge is 0.379 e. The molecule has 4 nitrogen and oxygen atoms in total. The third-order valence-electron chi connectivity index (χ3n) is 2.35. The van der Waals surface area contributed by atoms with Crippen LogP contribution in [0.4, 0.5) is 0 Å². The minimum atomic E-state index is 0.864. The number of aromatic nitrogens is 2. The van der Waals surface area contributed by atoms with E-state index in [9.17, 15) is 0 Å². The Labute approximate surface area is 92.0 Å². The van der Waals surface area contributed by atoms with Crippen LogP contribution in [0.3, 0.4) is 0 Å². The average molecular weight is 260 g/mol. The molecule has 0 aromatic carbocycles. The molecule has 1 aliphatic rings. The maximum atomic E-state index is 5.28. The normalized spacial score (nSPS) is 18.6. The van der Waals surface area contributed by atoms with Crippen molar-refractivity contribution in [1.29, 1.82) is 0 Å². The van der Waals surface area contributed by atoms with E-state index in [1.807, 2.05) is 17.1 Å². The minimum Gasteiger partial charge on any atom is -0.379 e. The molecule has 1 aromatic heterocycles. The Balaban J connectivity index is 1.76. The summed E-state index contributed by atoms with van der Waals surface area (Å²) < 4.78 is 8.28. The van der Waals surface area contributed by atoms with Crippen LogP contribution in [-0.2, 0) is 11.3 Å². The molecule has 0 amide bonds. The molecule has 1 aromatic rings. The highest BCUT2D eigenvalue weighted by Crippen LogP contribution is 2.06. The number of hydrogen-bond donors (Lipinski definition) is 0. The van der Waals surface area contributed by atoms with E-state index >= 15 is 0 Å². The molecule has 14 heavy (non-hydrogen) atoms. The molecule has 0 atom stereocenters. The van der Waals surface area contributed by atoms with Gasteiger partial charge in [-0.1, -0.05) is 0 Å². The summed E-state index contributed by atoms with van der Waals surface area (Å²) in [7, 11) is 0. The SMILES string of the molecule is Brc1cnn(CCN2CCOCC2)c1. The van der Waals surface area contributed by atoms with Gasteiger partial charge in [0.15, 0.2) is 0 Å². The molecule has 2 heterocycles. The van der Waals surface area contributed by atoms with Gasteiger partial charge in [0.1, 0.15) is 0 Å². The second kappa shape index (κ2) is 4.91. The molecule has 5 heteroatoms. The van der Waals surface area contributed by atoms with Gasteiger partial charge in [-0.15, -0.1) is 0 Å². The molecule has 0 spiro atoms. The minimum absolute atomic E-state index is 0.864. The van der Waals surface area contributed by atoms with Crippen molar-refractivity contribution in [2.75, 3.05) is 32.8 Å². The predicted molar refractivity (Wildman–Crippen MR) is 57.2 cm³/mol. The van der Waals surface area contributed by atoms with Crippen LogP contribution in [-0.4, -0.2) is 47.5 Å². The summed E-state index contributed by atoms with van der Waals surface area (Å²) in [6.07, 6.45) is 3.82. The maximum Gasteiger partial charge on any atom is 0.0632 e. The molecule has 78 valence electrons. The first-order valence-electron chi connectivity index (χ1n) is 4.82. The number of nitrogens with zero attached hydrogens (tertiary/aromatic N) is 3. The summed E-state index contributed by atoms with van der Waals surface area (Å²) in [5, 5.41) is 4.21. The Morgan fingerprint density at radius 2 is 2.14 bits per heavy atom. The Bertz CT molecular complexity index is 283. The van der Waals surface area contributed by atoms with E-state index in [2.05, 4.69) is 25.9 Å².